The van der Waals surface area contributed by atoms with E-state index >= 15 is 0 Å². The van der Waals surface area contributed by atoms with Crippen LogP contribution in [-0.2, 0) is 4.74 Å². The monoisotopic (exact) mass is 428 g/mol. The third kappa shape index (κ3) is 5.13. The Labute approximate surface area is 151 Å². The van der Waals surface area contributed by atoms with Crippen molar-refractivity contribution in [2.75, 3.05) is 6.61 Å². The number of rotatable bonds is 8. The van der Waals surface area contributed by atoms with Crippen molar-refractivity contribution in [2.24, 2.45) is 5.92 Å². The summed E-state index contributed by atoms with van der Waals surface area (Å²) in [7, 11) is 0. The maximum absolute atomic E-state index is 6.09. The number of halogens is 2. The van der Waals surface area contributed by atoms with Crippen LogP contribution in [0.25, 0.3) is 0 Å². The molecule has 0 aliphatic heterocycles. The summed E-state index contributed by atoms with van der Waals surface area (Å²) < 4.78 is 7.15. The second kappa shape index (κ2) is 9.77. The van der Waals surface area contributed by atoms with Gasteiger partial charge in [0, 0.05) is 5.92 Å². The predicted molar refractivity (Wildman–Crippen MR) is 102 cm³/mol. The Hall–Kier alpha value is -0.280. The topological polar surface area (TPSA) is 9.23 Å². The zero-order valence-corrected chi connectivity index (χ0v) is 16.6. The number of fused-ring (bicyclic) bond motifs is 1. The minimum atomic E-state index is 0.461. The molecule has 0 saturated carbocycles. The summed E-state index contributed by atoms with van der Waals surface area (Å²) in [5, 5.41) is 0. The third-order valence-electron chi connectivity index (χ3n) is 4.36. The second-order valence-electron chi connectivity index (χ2n) is 6.02. The van der Waals surface area contributed by atoms with Crippen LogP contribution in [-0.4, -0.2) is 6.61 Å². The molecule has 0 radical (unpaired) electrons. The van der Waals surface area contributed by atoms with E-state index in [0.717, 1.165) is 28.6 Å². The molecular formula is C19H26Br2O. The molecule has 0 aromatic heterocycles. The average molecular weight is 430 g/mol. The van der Waals surface area contributed by atoms with Crippen molar-refractivity contribution in [3.8, 4) is 0 Å². The molecule has 2 rings (SSSR count). The van der Waals surface area contributed by atoms with Crippen LogP contribution in [0, 0.1) is 5.92 Å². The normalized spacial score (nSPS) is 20.3. The minimum absolute atomic E-state index is 0.461. The van der Waals surface area contributed by atoms with Crippen LogP contribution in [0.3, 0.4) is 0 Å². The van der Waals surface area contributed by atoms with Crippen molar-refractivity contribution in [3.05, 3.63) is 44.6 Å². The molecule has 1 unspecified atom stereocenters. The fraction of sp³-hybridized carbons (Fsp3) is 0.579. The summed E-state index contributed by atoms with van der Waals surface area (Å²) >= 11 is 7.14. The van der Waals surface area contributed by atoms with E-state index in [0.29, 0.717) is 5.92 Å². The van der Waals surface area contributed by atoms with Crippen LogP contribution in [0.1, 0.15) is 58.3 Å². The lowest BCUT2D eigenvalue weighted by Gasteiger charge is -2.29. The van der Waals surface area contributed by atoms with Crippen molar-refractivity contribution in [1.82, 2.24) is 0 Å². The standard InChI is InChI=1S/C19H26Br2O/c1-2-3-4-5-6-7-14-22-18-13-9-10-15-16(18)11-8-12-17(15)19(20)21/h8-9,12-13,15H,2-7,10-11,14H2,1H3. The number of hydrogen-bond donors (Lipinski definition) is 0. The number of unbranched alkanes of at least 4 members (excludes halogenated alkanes) is 5. The molecule has 1 nitrogen and oxygen atoms in total. The summed E-state index contributed by atoms with van der Waals surface area (Å²) in [5.74, 6) is 1.57. The maximum Gasteiger partial charge on any atom is 0.119 e. The molecule has 0 aromatic carbocycles. The summed E-state index contributed by atoms with van der Waals surface area (Å²) in [6.45, 7) is 3.11. The van der Waals surface area contributed by atoms with Gasteiger partial charge >= 0.3 is 0 Å². The predicted octanol–water partition coefficient (Wildman–Crippen LogP) is 7.16. The van der Waals surface area contributed by atoms with Gasteiger partial charge in [-0.15, -0.1) is 0 Å². The van der Waals surface area contributed by atoms with E-state index in [1.807, 2.05) is 0 Å². The highest BCUT2D eigenvalue weighted by molar-refractivity contribution is 9.28. The van der Waals surface area contributed by atoms with E-state index in [4.69, 9.17) is 4.74 Å². The quantitative estimate of drug-likeness (QED) is 0.372. The zero-order chi connectivity index (χ0) is 15.8. The molecule has 0 heterocycles. The van der Waals surface area contributed by atoms with Gasteiger partial charge in [0.05, 0.1) is 10.00 Å². The molecule has 0 fully saturated rings. The fourth-order valence-electron chi connectivity index (χ4n) is 3.12. The van der Waals surface area contributed by atoms with E-state index in [2.05, 4.69) is 63.1 Å². The first-order valence-corrected chi connectivity index (χ1v) is 10.1. The summed E-state index contributed by atoms with van der Waals surface area (Å²) in [6.07, 6.45) is 18.8. The Morgan fingerprint density at radius 1 is 1.09 bits per heavy atom. The molecule has 0 N–H and O–H groups in total. The minimum Gasteiger partial charge on any atom is -0.494 e. The molecule has 0 spiro atoms. The molecule has 0 bridgehead atoms. The third-order valence-corrected chi connectivity index (χ3v) is 5.28. The van der Waals surface area contributed by atoms with Gasteiger partial charge in [0.1, 0.15) is 5.76 Å². The van der Waals surface area contributed by atoms with Crippen LogP contribution in [0.15, 0.2) is 44.6 Å². The van der Waals surface area contributed by atoms with Gasteiger partial charge in [0.2, 0.25) is 0 Å². The lowest BCUT2D eigenvalue weighted by Crippen LogP contribution is -2.15. The Balaban J connectivity index is 1.86. The van der Waals surface area contributed by atoms with Gasteiger partial charge in [-0.2, -0.15) is 0 Å². The van der Waals surface area contributed by atoms with Crippen molar-refractivity contribution < 1.29 is 4.74 Å². The Morgan fingerprint density at radius 3 is 2.64 bits per heavy atom. The molecule has 122 valence electrons. The first-order chi connectivity index (χ1) is 10.7. The molecule has 2 aliphatic rings. The van der Waals surface area contributed by atoms with Crippen LogP contribution in [0.5, 0.6) is 0 Å². The highest BCUT2D eigenvalue weighted by atomic mass is 79.9. The van der Waals surface area contributed by atoms with Gasteiger partial charge in [-0.05, 0) is 68.3 Å². The van der Waals surface area contributed by atoms with Gasteiger partial charge < -0.3 is 4.74 Å². The first kappa shape index (κ1) is 18.1. The molecule has 0 aromatic rings. The van der Waals surface area contributed by atoms with E-state index in [1.165, 1.54) is 49.7 Å². The molecule has 22 heavy (non-hydrogen) atoms. The van der Waals surface area contributed by atoms with Crippen molar-refractivity contribution in [1.29, 1.82) is 0 Å². The van der Waals surface area contributed by atoms with E-state index in [-0.39, 0.29) is 0 Å². The maximum atomic E-state index is 6.09. The van der Waals surface area contributed by atoms with E-state index in [9.17, 15) is 0 Å². The molecule has 3 heteroatoms. The molecule has 1 atom stereocenters. The Kier molecular flexibility index (Phi) is 8.02. The highest BCUT2D eigenvalue weighted by Gasteiger charge is 2.26. The zero-order valence-electron chi connectivity index (χ0n) is 13.4. The lowest BCUT2D eigenvalue weighted by molar-refractivity contribution is 0.208. The van der Waals surface area contributed by atoms with Gasteiger partial charge in [-0.3, -0.25) is 0 Å². The van der Waals surface area contributed by atoms with Crippen LogP contribution < -0.4 is 0 Å². The highest BCUT2D eigenvalue weighted by Crippen LogP contribution is 2.41. The van der Waals surface area contributed by atoms with Crippen molar-refractivity contribution in [2.45, 2.75) is 58.3 Å². The van der Waals surface area contributed by atoms with Gasteiger partial charge in [-0.1, -0.05) is 57.3 Å². The fourth-order valence-corrected chi connectivity index (χ4v) is 3.94. The summed E-state index contributed by atoms with van der Waals surface area (Å²) in [4.78, 5) is 0. The number of allylic oxidation sites excluding steroid dienone is 6. The summed E-state index contributed by atoms with van der Waals surface area (Å²) in [6, 6.07) is 0. The van der Waals surface area contributed by atoms with Crippen LogP contribution in [0.2, 0.25) is 0 Å². The number of ether oxygens (including phenoxy) is 1. The Morgan fingerprint density at radius 2 is 1.86 bits per heavy atom. The van der Waals surface area contributed by atoms with Crippen LogP contribution >= 0.6 is 31.9 Å². The van der Waals surface area contributed by atoms with Gasteiger partial charge in [0.25, 0.3) is 0 Å². The average Bonchev–Trinajstić information content (AvgIpc) is 2.53. The van der Waals surface area contributed by atoms with E-state index < -0.39 is 0 Å². The van der Waals surface area contributed by atoms with E-state index in [1.54, 1.807) is 0 Å². The first-order valence-electron chi connectivity index (χ1n) is 8.48. The largest absolute Gasteiger partial charge is 0.494 e. The SMILES string of the molecule is CCCCCCCCOC1=C2CC=CC(=C(Br)Br)C2CC=C1. The second-order valence-corrected chi connectivity index (χ2v) is 8.67. The van der Waals surface area contributed by atoms with Crippen molar-refractivity contribution >= 4 is 31.9 Å². The summed E-state index contributed by atoms with van der Waals surface area (Å²) in [5.41, 5.74) is 2.76. The van der Waals surface area contributed by atoms with Crippen molar-refractivity contribution in [3.63, 3.8) is 0 Å². The van der Waals surface area contributed by atoms with Gasteiger partial charge in [0.15, 0.2) is 0 Å². The molecular weight excluding hydrogens is 404 g/mol. The number of hydrogen-bond acceptors (Lipinski definition) is 1. The molecule has 2 aliphatic carbocycles. The lowest BCUT2D eigenvalue weighted by atomic mass is 9.80. The molecule has 0 saturated heterocycles. The smallest absolute Gasteiger partial charge is 0.119 e. The Bertz CT molecular complexity index is 482. The molecule has 0 amide bonds. The van der Waals surface area contributed by atoms with Crippen LogP contribution in [0.4, 0.5) is 0 Å². The van der Waals surface area contributed by atoms with Gasteiger partial charge in [-0.25, -0.2) is 0 Å².